The van der Waals surface area contributed by atoms with Gasteiger partial charge in [0.05, 0.1) is 17.4 Å². The Morgan fingerprint density at radius 3 is 2.00 bits per heavy atom. The SMILES string of the molecule is Cc1ccc([C@H]2CC(=O)C3=C(C2)Nc2ccccc2N[C@H]3c2ccc(C)cc2)cc1. The van der Waals surface area contributed by atoms with Crippen molar-refractivity contribution in [2.24, 2.45) is 0 Å². The maximum Gasteiger partial charge on any atom is 0.163 e. The van der Waals surface area contributed by atoms with Crippen LogP contribution in [0.2, 0.25) is 0 Å². The summed E-state index contributed by atoms with van der Waals surface area (Å²) in [6, 6.07) is 25.1. The van der Waals surface area contributed by atoms with Crippen LogP contribution in [0.25, 0.3) is 0 Å². The number of aryl methyl sites for hydroxylation is 2. The van der Waals surface area contributed by atoms with E-state index in [1.54, 1.807) is 0 Å². The molecule has 2 N–H and O–H groups in total. The highest BCUT2D eigenvalue weighted by Crippen LogP contribution is 2.44. The molecule has 0 radical (unpaired) electrons. The van der Waals surface area contributed by atoms with Gasteiger partial charge in [0.1, 0.15) is 0 Å². The number of anilines is 2. The summed E-state index contributed by atoms with van der Waals surface area (Å²) in [4.78, 5) is 13.5. The van der Waals surface area contributed by atoms with Crippen LogP contribution in [-0.4, -0.2) is 5.78 Å². The van der Waals surface area contributed by atoms with Gasteiger partial charge in [-0.1, -0.05) is 71.8 Å². The van der Waals surface area contributed by atoms with Crippen LogP contribution in [0.4, 0.5) is 11.4 Å². The minimum atomic E-state index is -0.150. The molecule has 1 aliphatic carbocycles. The van der Waals surface area contributed by atoms with Crippen LogP contribution in [0.1, 0.15) is 47.1 Å². The zero-order chi connectivity index (χ0) is 20.7. The molecule has 1 heterocycles. The summed E-state index contributed by atoms with van der Waals surface area (Å²) in [6.45, 7) is 4.18. The van der Waals surface area contributed by atoms with Crippen molar-refractivity contribution in [3.05, 3.63) is 106 Å². The maximum absolute atomic E-state index is 13.5. The van der Waals surface area contributed by atoms with E-state index in [2.05, 4.69) is 85.1 Å². The Morgan fingerprint density at radius 1 is 0.733 bits per heavy atom. The summed E-state index contributed by atoms with van der Waals surface area (Å²) >= 11 is 0. The van der Waals surface area contributed by atoms with Gasteiger partial charge >= 0.3 is 0 Å². The molecule has 30 heavy (non-hydrogen) atoms. The molecule has 0 aromatic heterocycles. The van der Waals surface area contributed by atoms with Gasteiger partial charge in [-0.3, -0.25) is 4.79 Å². The molecule has 0 bridgehead atoms. The van der Waals surface area contributed by atoms with Gasteiger partial charge in [-0.05, 0) is 49.4 Å². The van der Waals surface area contributed by atoms with Crippen LogP contribution >= 0.6 is 0 Å². The van der Waals surface area contributed by atoms with Crippen molar-refractivity contribution in [2.45, 2.75) is 38.6 Å². The van der Waals surface area contributed by atoms with Gasteiger partial charge in [0.2, 0.25) is 0 Å². The molecule has 0 unspecified atom stereocenters. The van der Waals surface area contributed by atoms with Crippen molar-refractivity contribution in [3.8, 4) is 0 Å². The second-order valence-electron chi connectivity index (χ2n) is 8.49. The summed E-state index contributed by atoms with van der Waals surface area (Å²) in [6.07, 6.45) is 1.38. The first kappa shape index (κ1) is 18.7. The molecule has 0 fully saturated rings. The van der Waals surface area contributed by atoms with Gasteiger partial charge in [-0.2, -0.15) is 0 Å². The maximum atomic E-state index is 13.5. The first-order valence-electron chi connectivity index (χ1n) is 10.6. The molecular formula is C27H26N2O. The van der Waals surface area contributed by atoms with Crippen LogP contribution in [0.15, 0.2) is 84.1 Å². The molecule has 3 nitrogen and oxygen atoms in total. The van der Waals surface area contributed by atoms with E-state index >= 15 is 0 Å². The Labute approximate surface area is 177 Å². The van der Waals surface area contributed by atoms with Gasteiger partial charge in [-0.15, -0.1) is 0 Å². The number of rotatable bonds is 2. The number of ketones is 1. The molecule has 2 aliphatic rings. The highest BCUT2D eigenvalue weighted by atomic mass is 16.1. The number of hydrogen-bond acceptors (Lipinski definition) is 3. The second kappa shape index (κ2) is 7.49. The van der Waals surface area contributed by atoms with E-state index < -0.39 is 0 Å². The molecule has 5 rings (SSSR count). The smallest absolute Gasteiger partial charge is 0.163 e. The lowest BCUT2D eigenvalue weighted by atomic mass is 9.78. The van der Waals surface area contributed by atoms with Gasteiger partial charge < -0.3 is 10.6 Å². The van der Waals surface area contributed by atoms with E-state index in [4.69, 9.17) is 0 Å². The molecular weight excluding hydrogens is 368 g/mol. The van der Waals surface area contributed by atoms with E-state index in [0.29, 0.717) is 6.42 Å². The fraction of sp³-hybridized carbons (Fsp3) is 0.222. The number of fused-ring (bicyclic) bond motifs is 1. The highest BCUT2D eigenvalue weighted by Gasteiger charge is 2.35. The van der Waals surface area contributed by atoms with Crippen LogP contribution in [-0.2, 0) is 4.79 Å². The van der Waals surface area contributed by atoms with E-state index in [9.17, 15) is 4.79 Å². The van der Waals surface area contributed by atoms with Gasteiger partial charge in [0.25, 0.3) is 0 Å². The lowest BCUT2D eigenvalue weighted by Crippen LogP contribution is -2.26. The van der Waals surface area contributed by atoms with E-state index in [0.717, 1.165) is 34.6 Å². The summed E-state index contributed by atoms with van der Waals surface area (Å²) in [7, 11) is 0. The molecule has 0 saturated heterocycles. The van der Waals surface area contributed by atoms with Crippen molar-refractivity contribution in [2.75, 3.05) is 10.6 Å². The molecule has 3 aromatic carbocycles. The summed E-state index contributed by atoms with van der Waals surface area (Å²) < 4.78 is 0. The third-order valence-corrected chi connectivity index (χ3v) is 6.27. The largest absolute Gasteiger partial charge is 0.372 e. The molecule has 0 saturated carbocycles. The average Bonchev–Trinajstić information content (AvgIpc) is 2.91. The van der Waals surface area contributed by atoms with Crippen LogP contribution in [0.3, 0.4) is 0 Å². The Bertz CT molecular complexity index is 1130. The summed E-state index contributed by atoms with van der Waals surface area (Å²) in [5.74, 6) is 0.425. The predicted molar refractivity (Wildman–Crippen MR) is 123 cm³/mol. The minimum absolute atomic E-state index is 0.150. The van der Waals surface area contributed by atoms with Crippen LogP contribution in [0.5, 0.6) is 0 Å². The second-order valence-corrected chi connectivity index (χ2v) is 8.49. The van der Waals surface area contributed by atoms with E-state index in [1.807, 2.05) is 12.1 Å². The molecule has 3 heteroatoms. The van der Waals surface area contributed by atoms with Gasteiger partial charge in [0.15, 0.2) is 5.78 Å². The number of carbonyl (C=O) groups is 1. The number of allylic oxidation sites excluding steroid dienone is 1. The number of para-hydroxylation sites is 2. The summed E-state index contributed by atoms with van der Waals surface area (Å²) in [5, 5.41) is 7.26. The molecule has 2 atom stereocenters. The molecule has 1 aliphatic heterocycles. The number of hydrogen-bond donors (Lipinski definition) is 2. The topological polar surface area (TPSA) is 41.1 Å². The summed E-state index contributed by atoms with van der Waals surface area (Å²) in [5.41, 5.74) is 8.78. The quantitative estimate of drug-likeness (QED) is 0.537. The first-order valence-corrected chi connectivity index (χ1v) is 10.6. The van der Waals surface area contributed by atoms with Crippen molar-refractivity contribution in [1.29, 1.82) is 0 Å². The van der Waals surface area contributed by atoms with Crippen LogP contribution < -0.4 is 10.6 Å². The minimum Gasteiger partial charge on any atom is -0.372 e. The number of nitrogens with one attached hydrogen (secondary N) is 2. The monoisotopic (exact) mass is 394 g/mol. The van der Waals surface area contributed by atoms with Crippen molar-refractivity contribution < 1.29 is 4.79 Å². The zero-order valence-corrected chi connectivity index (χ0v) is 17.4. The van der Waals surface area contributed by atoms with E-state index in [1.165, 1.54) is 16.7 Å². The van der Waals surface area contributed by atoms with E-state index in [-0.39, 0.29) is 17.7 Å². The molecule has 0 amide bonds. The van der Waals surface area contributed by atoms with Crippen molar-refractivity contribution in [3.63, 3.8) is 0 Å². The fourth-order valence-corrected chi connectivity index (χ4v) is 4.58. The lowest BCUT2D eigenvalue weighted by molar-refractivity contribution is -0.116. The Kier molecular flexibility index (Phi) is 4.66. The first-order chi connectivity index (χ1) is 14.6. The number of carbonyl (C=O) groups excluding carboxylic acids is 1. The van der Waals surface area contributed by atoms with Gasteiger partial charge in [0, 0.05) is 17.7 Å². The zero-order valence-electron chi connectivity index (χ0n) is 17.4. The Hall–Kier alpha value is -3.33. The highest BCUT2D eigenvalue weighted by molar-refractivity contribution is 6.01. The number of Topliss-reactive ketones (excluding diaryl/α,β-unsaturated/α-hetero) is 1. The third kappa shape index (κ3) is 3.41. The Balaban J connectivity index is 1.60. The molecule has 3 aromatic rings. The van der Waals surface area contributed by atoms with Gasteiger partial charge in [-0.25, -0.2) is 0 Å². The molecule has 0 spiro atoms. The standard InChI is InChI=1S/C27H26N2O/c1-17-7-11-19(12-8-17)21-15-24-26(25(30)16-21)27(20-13-9-18(2)10-14-20)29-23-6-4-3-5-22(23)28-24/h3-14,21,27-29H,15-16H2,1-2H3/t21-,27+/m1/s1. The van der Waals surface area contributed by atoms with Crippen LogP contribution in [0, 0.1) is 13.8 Å². The fourth-order valence-electron chi connectivity index (χ4n) is 4.58. The number of benzene rings is 3. The molecule has 150 valence electrons. The third-order valence-electron chi connectivity index (χ3n) is 6.27. The normalized spacial score (nSPS) is 20.5. The average molecular weight is 395 g/mol. The predicted octanol–water partition coefficient (Wildman–Crippen LogP) is 6.28. The Morgan fingerprint density at radius 2 is 1.33 bits per heavy atom. The lowest BCUT2D eigenvalue weighted by Gasteiger charge is -2.30. The van der Waals surface area contributed by atoms with Crippen molar-refractivity contribution >= 4 is 17.2 Å². The van der Waals surface area contributed by atoms with Crippen molar-refractivity contribution in [1.82, 2.24) is 0 Å².